The zero-order valence-corrected chi connectivity index (χ0v) is 23.8. The van der Waals surface area contributed by atoms with Gasteiger partial charge in [-0.3, -0.25) is 4.68 Å². The quantitative estimate of drug-likeness (QED) is 0.266. The molecule has 4 aromatic rings. The molecule has 1 aromatic carbocycles. The van der Waals surface area contributed by atoms with Gasteiger partial charge in [-0.1, -0.05) is 20.8 Å². The Bertz CT molecular complexity index is 1510. The normalized spacial score (nSPS) is 17.0. The predicted octanol–water partition coefficient (Wildman–Crippen LogP) is 5.48. The SMILES string of the molecule is CC(C)(C)C([C@@H](CO)OC(N)=O)n1ccc(-c2ccc(Oc3ncc(-c4ccnn4C4CCCCO4)cc3F)cc2)n1. The van der Waals surface area contributed by atoms with Gasteiger partial charge in [0.2, 0.25) is 0 Å². The van der Waals surface area contributed by atoms with Gasteiger partial charge in [-0.15, -0.1) is 0 Å². The van der Waals surface area contributed by atoms with Crippen LogP contribution in [-0.4, -0.2) is 55.1 Å². The highest BCUT2D eigenvalue weighted by Crippen LogP contribution is 2.36. The number of aromatic nitrogens is 5. The molecule has 0 bridgehead atoms. The van der Waals surface area contributed by atoms with Crippen LogP contribution >= 0.6 is 0 Å². The summed E-state index contributed by atoms with van der Waals surface area (Å²) in [6.07, 6.45) is 5.90. The fourth-order valence-corrected chi connectivity index (χ4v) is 5.26. The monoisotopic (exact) mass is 578 g/mol. The molecule has 1 fully saturated rings. The Balaban J connectivity index is 1.30. The number of pyridine rings is 1. The van der Waals surface area contributed by atoms with Crippen molar-refractivity contribution in [1.82, 2.24) is 24.5 Å². The Morgan fingerprint density at radius 1 is 1.19 bits per heavy atom. The maximum atomic E-state index is 15.1. The number of nitrogens with two attached hydrogens (primary N) is 1. The van der Waals surface area contributed by atoms with Gasteiger partial charge in [0.05, 0.1) is 24.0 Å². The molecule has 222 valence electrons. The lowest BCUT2D eigenvalue weighted by Crippen LogP contribution is -2.41. The summed E-state index contributed by atoms with van der Waals surface area (Å²) in [4.78, 5) is 15.6. The molecule has 1 aliphatic rings. The van der Waals surface area contributed by atoms with Crippen LogP contribution in [0.4, 0.5) is 9.18 Å². The molecule has 3 aromatic heterocycles. The summed E-state index contributed by atoms with van der Waals surface area (Å²) >= 11 is 0. The van der Waals surface area contributed by atoms with Gasteiger partial charge in [-0.05, 0) is 67.1 Å². The van der Waals surface area contributed by atoms with E-state index in [1.165, 1.54) is 6.07 Å². The summed E-state index contributed by atoms with van der Waals surface area (Å²) in [6, 6.07) is 11.5. The topological polar surface area (TPSA) is 140 Å². The van der Waals surface area contributed by atoms with Gasteiger partial charge in [-0.2, -0.15) is 10.2 Å². The maximum Gasteiger partial charge on any atom is 0.404 e. The lowest BCUT2D eigenvalue weighted by Gasteiger charge is -2.35. The number of aliphatic hydroxyl groups excluding tert-OH is 1. The number of halogens is 1. The summed E-state index contributed by atoms with van der Waals surface area (Å²) < 4.78 is 35.3. The molecule has 0 aliphatic carbocycles. The van der Waals surface area contributed by atoms with Crippen LogP contribution < -0.4 is 10.5 Å². The Morgan fingerprint density at radius 3 is 2.62 bits per heavy atom. The molecule has 11 nitrogen and oxygen atoms in total. The van der Waals surface area contributed by atoms with Crippen molar-refractivity contribution < 1.29 is 28.5 Å². The van der Waals surface area contributed by atoms with Crippen molar-refractivity contribution in [3.63, 3.8) is 0 Å². The average molecular weight is 579 g/mol. The van der Waals surface area contributed by atoms with Crippen LogP contribution in [0.1, 0.15) is 52.3 Å². The van der Waals surface area contributed by atoms with E-state index in [0.29, 0.717) is 23.6 Å². The highest BCUT2D eigenvalue weighted by atomic mass is 19.1. The number of benzene rings is 1. The minimum absolute atomic E-state index is 0.145. The Morgan fingerprint density at radius 2 is 1.98 bits per heavy atom. The molecule has 1 amide bonds. The second-order valence-corrected chi connectivity index (χ2v) is 11.3. The zero-order chi connectivity index (χ0) is 29.9. The van der Waals surface area contributed by atoms with E-state index < -0.39 is 36.1 Å². The second kappa shape index (κ2) is 12.3. The second-order valence-electron chi connectivity index (χ2n) is 11.3. The van der Waals surface area contributed by atoms with E-state index in [2.05, 4.69) is 15.2 Å². The number of hydrogen-bond acceptors (Lipinski definition) is 8. The third-order valence-corrected chi connectivity index (χ3v) is 7.15. The molecule has 0 radical (unpaired) electrons. The van der Waals surface area contributed by atoms with E-state index >= 15 is 4.39 Å². The first-order chi connectivity index (χ1) is 20.1. The lowest BCUT2D eigenvalue weighted by molar-refractivity contribution is -0.0383. The Labute approximate surface area is 243 Å². The maximum absolute atomic E-state index is 15.1. The van der Waals surface area contributed by atoms with Crippen LogP contribution in [0.15, 0.2) is 61.1 Å². The Hall–Kier alpha value is -4.29. The lowest BCUT2D eigenvalue weighted by atomic mass is 9.83. The van der Waals surface area contributed by atoms with Crippen molar-refractivity contribution in [2.45, 2.75) is 58.4 Å². The minimum Gasteiger partial charge on any atom is -0.442 e. The number of rotatable bonds is 9. The molecule has 12 heteroatoms. The van der Waals surface area contributed by atoms with Crippen LogP contribution in [0.5, 0.6) is 11.6 Å². The molecule has 0 saturated carbocycles. The van der Waals surface area contributed by atoms with E-state index in [-0.39, 0.29) is 12.1 Å². The number of ether oxygens (including phenoxy) is 3. The van der Waals surface area contributed by atoms with Gasteiger partial charge >= 0.3 is 6.09 Å². The first-order valence-electron chi connectivity index (χ1n) is 13.9. The van der Waals surface area contributed by atoms with Crippen LogP contribution in [0, 0.1) is 11.2 Å². The third kappa shape index (κ3) is 6.44. The molecule has 4 heterocycles. The van der Waals surface area contributed by atoms with Crippen LogP contribution in [0.3, 0.4) is 0 Å². The number of aliphatic hydroxyl groups is 1. The van der Waals surface area contributed by atoms with E-state index in [0.717, 1.165) is 30.5 Å². The molecular weight excluding hydrogens is 543 g/mol. The van der Waals surface area contributed by atoms with Crippen LogP contribution in [0.2, 0.25) is 0 Å². The largest absolute Gasteiger partial charge is 0.442 e. The van der Waals surface area contributed by atoms with E-state index in [1.807, 2.05) is 32.9 Å². The van der Waals surface area contributed by atoms with Gasteiger partial charge < -0.3 is 25.1 Å². The van der Waals surface area contributed by atoms with Gasteiger partial charge in [0.1, 0.15) is 11.9 Å². The van der Waals surface area contributed by atoms with Crippen molar-refractivity contribution in [3.05, 3.63) is 66.9 Å². The van der Waals surface area contributed by atoms with Crippen molar-refractivity contribution in [2.24, 2.45) is 11.1 Å². The number of hydrogen-bond donors (Lipinski definition) is 2. The smallest absolute Gasteiger partial charge is 0.404 e. The first kappa shape index (κ1) is 29.2. The third-order valence-electron chi connectivity index (χ3n) is 7.15. The number of primary amides is 1. The summed E-state index contributed by atoms with van der Waals surface area (Å²) in [6.45, 7) is 6.14. The molecule has 1 aliphatic heterocycles. The van der Waals surface area contributed by atoms with E-state index in [1.54, 1.807) is 52.2 Å². The van der Waals surface area contributed by atoms with Crippen molar-refractivity contribution >= 4 is 6.09 Å². The summed E-state index contributed by atoms with van der Waals surface area (Å²) in [5, 5.41) is 18.9. The first-order valence-corrected chi connectivity index (χ1v) is 13.9. The molecule has 42 heavy (non-hydrogen) atoms. The van der Waals surface area contributed by atoms with Crippen molar-refractivity contribution in [3.8, 4) is 34.1 Å². The highest BCUT2D eigenvalue weighted by Gasteiger charge is 2.36. The fraction of sp³-hybridized carbons (Fsp3) is 0.400. The molecular formula is C30H35FN6O5. The average Bonchev–Trinajstić information content (AvgIpc) is 3.64. The van der Waals surface area contributed by atoms with Crippen molar-refractivity contribution in [1.29, 1.82) is 0 Å². The minimum atomic E-state index is -0.965. The van der Waals surface area contributed by atoms with Gasteiger partial charge in [0.15, 0.2) is 12.0 Å². The molecule has 2 unspecified atom stereocenters. The van der Waals surface area contributed by atoms with Gasteiger partial charge in [-0.25, -0.2) is 18.9 Å². The van der Waals surface area contributed by atoms with Crippen molar-refractivity contribution in [2.75, 3.05) is 13.2 Å². The van der Waals surface area contributed by atoms with E-state index in [9.17, 15) is 9.90 Å². The Kier molecular flexibility index (Phi) is 8.55. The van der Waals surface area contributed by atoms with Crippen LogP contribution in [-0.2, 0) is 9.47 Å². The molecule has 3 atom stereocenters. The summed E-state index contributed by atoms with van der Waals surface area (Å²) in [5.41, 5.74) is 7.54. The standard InChI is InChI=1S/C30H35FN6O5/c1-30(2,3)27(25(18-38)42-29(32)39)36-14-12-23(35-36)19-7-9-21(10-8-19)41-28-22(31)16-20(17-33-28)24-11-13-34-37(24)26-6-4-5-15-40-26/h7-14,16-17,25-27,38H,4-6,15,18H2,1-3H3,(H2,32,39)/t25-,26?,27?/m1/s1. The zero-order valence-electron chi connectivity index (χ0n) is 23.8. The van der Waals surface area contributed by atoms with Gasteiger partial charge in [0.25, 0.3) is 5.88 Å². The van der Waals surface area contributed by atoms with Gasteiger partial charge in [0, 0.05) is 36.3 Å². The summed E-state index contributed by atoms with van der Waals surface area (Å²) in [7, 11) is 0. The van der Waals surface area contributed by atoms with Crippen LogP contribution in [0.25, 0.3) is 22.5 Å². The predicted molar refractivity (Wildman–Crippen MR) is 152 cm³/mol. The fourth-order valence-electron chi connectivity index (χ4n) is 5.26. The number of carbonyl (C=O) groups excluding carboxylic acids is 1. The highest BCUT2D eigenvalue weighted by molar-refractivity contribution is 5.65. The molecule has 3 N–H and O–H groups in total. The number of amides is 1. The molecule has 1 saturated heterocycles. The van der Waals surface area contributed by atoms with E-state index in [4.69, 9.17) is 19.9 Å². The molecule has 5 rings (SSSR count). The summed E-state index contributed by atoms with van der Waals surface area (Å²) in [5.74, 6) is -0.341. The number of nitrogens with zero attached hydrogens (tertiary/aromatic N) is 5. The number of carbonyl (C=O) groups is 1. The molecule has 0 spiro atoms.